The molecule has 0 radical (unpaired) electrons. The molecular formula is C9H17NO3. The van der Waals surface area contributed by atoms with E-state index in [2.05, 4.69) is 0 Å². The van der Waals surface area contributed by atoms with Gasteiger partial charge in [0.2, 0.25) is 6.23 Å². The number of esters is 1. The average molecular weight is 187 g/mol. The predicted octanol–water partition coefficient (Wildman–Crippen LogP) is 0.618. The van der Waals surface area contributed by atoms with Gasteiger partial charge >= 0.3 is 5.97 Å². The molecule has 0 saturated carbocycles. The van der Waals surface area contributed by atoms with E-state index in [0.717, 1.165) is 25.9 Å². The van der Waals surface area contributed by atoms with Crippen LogP contribution in [0.15, 0.2) is 0 Å². The van der Waals surface area contributed by atoms with Crippen LogP contribution in [0.4, 0.5) is 0 Å². The highest BCUT2D eigenvalue weighted by atomic mass is 16.6. The fraction of sp³-hybridized carbons (Fsp3) is 0.889. The van der Waals surface area contributed by atoms with E-state index in [1.165, 1.54) is 0 Å². The molecule has 0 aliphatic carbocycles. The lowest BCUT2D eigenvalue weighted by Gasteiger charge is -2.23. The van der Waals surface area contributed by atoms with Gasteiger partial charge in [0, 0.05) is 20.2 Å². The summed E-state index contributed by atoms with van der Waals surface area (Å²) in [6.07, 6.45) is 1.78. The van der Waals surface area contributed by atoms with Crippen molar-refractivity contribution in [1.82, 2.24) is 4.90 Å². The molecule has 1 rings (SSSR count). The van der Waals surface area contributed by atoms with Crippen LogP contribution in [-0.2, 0) is 14.3 Å². The maximum atomic E-state index is 11.4. The van der Waals surface area contributed by atoms with Gasteiger partial charge in [0.1, 0.15) is 0 Å². The molecule has 0 aromatic heterocycles. The molecule has 1 aliphatic heterocycles. The Hall–Kier alpha value is -0.610. The third-order valence-electron chi connectivity index (χ3n) is 2.18. The molecule has 4 nitrogen and oxygen atoms in total. The van der Waals surface area contributed by atoms with E-state index in [0.29, 0.717) is 6.61 Å². The molecule has 1 unspecified atom stereocenters. The Bertz CT molecular complexity index is 166. The van der Waals surface area contributed by atoms with Crippen molar-refractivity contribution in [3.8, 4) is 0 Å². The molecule has 1 heterocycles. The number of hydrogen-bond donors (Lipinski definition) is 0. The van der Waals surface area contributed by atoms with Crippen LogP contribution in [0.2, 0.25) is 0 Å². The first-order chi connectivity index (χ1) is 6.29. The molecule has 0 aromatic carbocycles. The number of nitrogens with zero attached hydrogens (tertiary/aromatic N) is 1. The molecule has 0 bridgehead atoms. The molecule has 13 heavy (non-hydrogen) atoms. The third kappa shape index (κ3) is 2.67. The second-order valence-electron chi connectivity index (χ2n) is 3.08. The maximum Gasteiger partial charge on any atom is 0.350 e. The van der Waals surface area contributed by atoms with Crippen molar-refractivity contribution in [2.24, 2.45) is 0 Å². The Labute approximate surface area is 78.8 Å². The Morgan fingerprint density at radius 1 is 1.46 bits per heavy atom. The molecule has 4 heteroatoms. The number of hydrogen-bond acceptors (Lipinski definition) is 4. The average Bonchev–Trinajstić information content (AvgIpc) is 2.59. The van der Waals surface area contributed by atoms with Gasteiger partial charge in [-0.3, -0.25) is 4.90 Å². The van der Waals surface area contributed by atoms with E-state index in [9.17, 15) is 4.79 Å². The summed E-state index contributed by atoms with van der Waals surface area (Å²) in [6.45, 7) is 4.07. The minimum absolute atomic E-state index is 0.271. The van der Waals surface area contributed by atoms with Crippen molar-refractivity contribution in [3.63, 3.8) is 0 Å². The second kappa shape index (κ2) is 5.19. The molecule has 0 aromatic rings. The van der Waals surface area contributed by atoms with Crippen molar-refractivity contribution in [2.45, 2.75) is 26.0 Å². The van der Waals surface area contributed by atoms with Crippen molar-refractivity contribution >= 4 is 5.97 Å². The topological polar surface area (TPSA) is 38.8 Å². The Balaban J connectivity index is 2.44. The van der Waals surface area contributed by atoms with Gasteiger partial charge in [0.15, 0.2) is 0 Å². The lowest BCUT2D eigenvalue weighted by molar-refractivity contribution is -0.166. The molecule has 0 spiro atoms. The summed E-state index contributed by atoms with van der Waals surface area (Å²) in [5.74, 6) is -0.271. The standard InChI is InChI=1S/C9H17NO3/c1-3-13-9(11)8(12-2)10-6-4-5-7-10/h8H,3-7H2,1-2H3. The highest BCUT2D eigenvalue weighted by molar-refractivity contribution is 5.74. The predicted molar refractivity (Wildman–Crippen MR) is 48.2 cm³/mol. The van der Waals surface area contributed by atoms with Gasteiger partial charge < -0.3 is 9.47 Å². The van der Waals surface area contributed by atoms with E-state index in [1.54, 1.807) is 14.0 Å². The van der Waals surface area contributed by atoms with Crippen LogP contribution in [0, 0.1) is 0 Å². The summed E-state index contributed by atoms with van der Waals surface area (Å²) in [6, 6.07) is 0. The fourth-order valence-corrected chi connectivity index (χ4v) is 1.58. The van der Waals surface area contributed by atoms with Crippen molar-refractivity contribution in [2.75, 3.05) is 26.8 Å². The monoisotopic (exact) mass is 187 g/mol. The summed E-state index contributed by atoms with van der Waals surface area (Å²) in [5, 5.41) is 0. The van der Waals surface area contributed by atoms with Crippen LogP contribution in [0.1, 0.15) is 19.8 Å². The van der Waals surface area contributed by atoms with Gasteiger partial charge in [-0.2, -0.15) is 0 Å². The summed E-state index contributed by atoms with van der Waals surface area (Å²) in [5.41, 5.74) is 0. The van der Waals surface area contributed by atoms with Gasteiger partial charge in [-0.15, -0.1) is 0 Å². The zero-order chi connectivity index (χ0) is 9.68. The van der Waals surface area contributed by atoms with E-state index >= 15 is 0 Å². The third-order valence-corrected chi connectivity index (χ3v) is 2.18. The molecule has 1 atom stereocenters. The molecular weight excluding hydrogens is 170 g/mol. The van der Waals surface area contributed by atoms with Crippen molar-refractivity contribution in [3.05, 3.63) is 0 Å². The number of methoxy groups -OCH3 is 1. The zero-order valence-electron chi connectivity index (χ0n) is 8.28. The van der Waals surface area contributed by atoms with Gasteiger partial charge in [0.05, 0.1) is 6.61 Å². The van der Waals surface area contributed by atoms with Gasteiger partial charge in [-0.1, -0.05) is 0 Å². The summed E-state index contributed by atoms with van der Waals surface area (Å²) in [7, 11) is 1.54. The molecule has 0 amide bonds. The first-order valence-corrected chi connectivity index (χ1v) is 4.73. The van der Waals surface area contributed by atoms with Gasteiger partial charge in [0.25, 0.3) is 0 Å². The highest BCUT2D eigenvalue weighted by Gasteiger charge is 2.28. The summed E-state index contributed by atoms with van der Waals surface area (Å²) < 4.78 is 10.0. The minimum Gasteiger partial charge on any atom is -0.463 e. The highest BCUT2D eigenvalue weighted by Crippen LogP contribution is 2.13. The quantitative estimate of drug-likeness (QED) is 0.605. The first kappa shape index (κ1) is 10.5. The van der Waals surface area contributed by atoms with E-state index < -0.39 is 6.23 Å². The summed E-state index contributed by atoms with van der Waals surface area (Å²) in [4.78, 5) is 13.4. The molecule has 0 N–H and O–H groups in total. The van der Waals surface area contributed by atoms with E-state index in [1.807, 2.05) is 4.90 Å². The largest absolute Gasteiger partial charge is 0.463 e. The van der Waals surface area contributed by atoms with Crippen LogP contribution in [0.25, 0.3) is 0 Å². The van der Waals surface area contributed by atoms with Crippen molar-refractivity contribution in [1.29, 1.82) is 0 Å². The van der Waals surface area contributed by atoms with Crippen LogP contribution in [0.3, 0.4) is 0 Å². The van der Waals surface area contributed by atoms with Crippen LogP contribution in [-0.4, -0.2) is 43.9 Å². The Kier molecular flexibility index (Phi) is 4.18. The van der Waals surface area contributed by atoms with E-state index in [-0.39, 0.29) is 5.97 Å². The second-order valence-corrected chi connectivity index (χ2v) is 3.08. The molecule has 1 aliphatic rings. The van der Waals surface area contributed by atoms with Gasteiger partial charge in [-0.25, -0.2) is 4.79 Å². The molecule has 1 saturated heterocycles. The smallest absolute Gasteiger partial charge is 0.350 e. The number of ether oxygens (including phenoxy) is 2. The van der Waals surface area contributed by atoms with E-state index in [4.69, 9.17) is 9.47 Å². The van der Waals surface area contributed by atoms with Crippen molar-refractivity contribution < 1.29 is 14.3 Å². The Morgan fingerprint density at radius 3 is 2.54 bits per heavy atom. The fourth-order valence-electron chi connectivity index (χ4n) is 1.58. The zero-order valence-corrected chi connectivity index (χ0v) is 8.28. The number of carbonyl (C=O) groups excluding carboxylic acids is 1. The minimum atomic E-state index is -0.498. The SMILES string of the molecule is CCOC(=O)C(OC)N1CCCC1. The maximum absolute atomic E-state index is 11.4. The number of rotatable bonds is 4. The van der Waals surface area contributed by atoms with Gasteiger partial charge in [-0.05, 0) is 19.8 Å². The van der Waals surface area contributed by atoms with Crippen LogP contribution < -0.4 is 0 Å². The number of likely N-dealkylation sites (tertiary alicyclic amines) is 1. The molecule has 76 valence electrons. The lowest BCUT2D eigenvalue weighted by Crippen LogP contribution is -2.41. The first-order valence-electron chi connectivity index (χ1n) is 4.73. The van der Waals surface area contributed by atoms with Crippen LogP contribution in [0.5, 0.6) is 0 Å². The number of carbonyl (C=O) groups is 1. The van der Waals surface area contributed by atoms with Crippen LogP contribution >= 0.6 is 0 Å². The summed E-state index contributed by atoms with van der Waals surface area (Å²) >= 11 is 0. The molecule has 1 fully saturated rings. The lowest BCUT2D eigenvalue weighted by atomic mass is 10.4. The normalized spacial score (nSPS) is 20.2. The Morgan fingerprint density at radius 2 is 2.08 bits per heavy atom.